The summed E-state index contributed by atoms with van der Waals surface area (Å²) in [5.41, 5.74) is 15.1. The lowest BCUT2D eigenvalue weighted by Crippen LogP contribution is -2.41. The van der Waals surface area contributed by atoms with Crippen molar-refractivity contribution in [3.05, 3.63) is 216 Å². The van der Waals surface area contributed by atoms with E-state index in [1.54, 1.807) is 0 Å². The lowest BCUT2D eigenvalue weighted by Gasteiger charge is -2.34. The van der Waals surface area contributed by atoms with Gasteiger partial charge in [-0.25, -0.2) is 0 Å². The zero-order valence-electron chi connectivity index (χ0n) is 30.9. The molecule has 8 aromatic carbocycles. The summed E-state index contributed by atoms with van der Waals surface area (Å²) in [6.07, 6.45) is 0. The quantitative estimate of drug-likeness (QED) is 0.139. The zero-order chi connectivity index (χ0) is 36.4. The highest BCUT2D eigenvalue weighted by atomic mass is 31.2. The maximum absolute atomic E-state index is 2.69. The lowest BCUT2D eigenvalue weighted by molar-refractivity contribution is 1.44. The molecule has 0 amide bonds. The maximum Gasteiger partial charge on any atom is 0.145 e. The number of hydrogen-bond donors (Lipinski definition) is 0. The average Bonchev–Trinajstić information content (AvgIpc) is 3.21. The van der Waals surface area contributed by atoms with E-state index in [0.29, 0.717) is 0 Å². The van der Waals surface area contributed by atoms with E-state index in [2.05, 4.69) is 222 Å². The van der Waals surface area contributed by atoms with Crippen molar-refractivity contribution in [2.45, 2.75) is 27.7 Å². The largest absolute Gasteiger partial charge is 0.145 e. The molecule has 0 bridgehead atoms. The van der Waals surface area contributed by atoms with Crippen molar-refractivity contribution in [1.29, 1.82) is 0 Å². The van der Waals surface area contributed by atoms with Crippen LogP contribution in [0, 0.1) is 27.7 Å². The van der Waals surface area contributed by atoms with Gasteiger partial charge in [-0.3, -0.25) is 0 Å². The average molecular weight is 700 g/mol. The molecule has 0 aliphatic carbocycles. The van der Waals surface area contributed by atoms with Crippen LogP contribution in [0.1, 0.15) is 22.3 Å². The van der Waals surface area contributed by atoms with Crippen molar-refractivity contribution in [1.82, 2.24) is 0 Å². The monoisotopic (exact) mass is 699 g/mol. The molecule has 0 fully saturated rings. The molecule has 0 aromatic heterocycles. The van der Waals surface area contributed by atoms with Gasteiger partial charge in [0.25, 0.3) is 0 Å². The van der Waals surface area contributed by atoms with Gasteiger partial charge in [0, 0.05) is 11.1 Å². The smallest absolute Gasteiger partial charge is 0.0622 e. The van der Waals surface area contributed by atoms with E-state index in [4.69, 9.17) is 0 Å². The number of hydrogen-bond acceptors (Lipinski definition) is 0. The van der Waals surface area contributed by atoms with Crippen LogP contribution in [0.4, 0.5) is 0 Å². The van der Waals surface area contributed by atoms with Gasteiger partial charge in [-0.1, -0.05) is 174 Å². The van der Waals surface area contributed by atoms with Crippen LogP contribution in [0.15, 0.2) is 194 Å². The van der Waals surface area contributed by atoms with Crippen LogP contribution in [0.3, 0.4) is 0 Å². The molecule has 8 rings (SSSR count). The van der Waals surface area contributed by atoms with Gasteiger partial charge in [-0.2, -0.15) is 0 Å². The molecule has 0 spiro atoms. The van der Waals surface area contributed by atoms with Crippen molar-refractivity contribution < 1.29 is 0 Å². The highest BCUT2D eigenvalue weighted by molar-refractivity contribution is 8.02. The van der Waals surface area contributed by atoms with Gasteiger partial charge < -0.3 is 0 Å². The van der Waals surface area contributed by atoms with Crippen molar-refractivity contribution in [2.75, 3.05) is 0 Å². The van der Waals surface area contributed by atoms with Crippen molar-refractivity contribution >= 4 is 28.5 Å². The van der Waals surface area contributed by atoms with Gasteiger partial charge in [0.2, 0.25) is 0 Å². The molecule has 0 aliphatic rings. The van der Waals surface area contributed by atoms with Gasteiger partial charge >= 0.3 is 0 Å². The maximum atomic E-state index is 2.41. The molecule has 0 N–H and O–H groups in total. The first-order valence-corrected chi connectivity index (χ1v) is 20.3. The van der Waals surface area contributed by atoms with Crippen LogP contribution in [0.5, 0.6) is 0 Å². The molecule has 0 aliphatic heterocycles. The normalized spacial score (nSPS) is 11.4. The summed E-state index contributed by atoms with van der Waals surface area (Å²) in [7, 11) is -2.69. The van der Waals surface area contributed by atoms with E-state index in [-0.39, 0.29) is 0 Å². The Morgan fingerprint density at radius 2 is 0.509 bits per heavy atom. The lowest BCUT2D eigenvalue weighted by atomic mass is 9.81. The van der Waals surface area contributed by atoms with Gasteiger partial charge in [0.15, 0.2) is 0 Å². The fourth-order valence-electron chi connectivity index (χ4n) is 8.04. The van der Waals surface area contributed by atoms with Gasteiger partial charge in [-0.05, 0) is 103 Å². The summed E-state index contributed by atoms with van der Waals surface area (Å²) in [4.78, 5) is 0. The summed E-state index contributed by atoms with van der Waals surface area (Å²) < 4.78 is 0. The summed E-state index contributed by atoms with van der Waals surface area (Å²) in [5.74, 6) is 0. The molecule has 8 aromatic rings. The molecule has 256 valence electrons. The Labute approximate surface area is 315 Å². The summed E-state index contributed by atoms with van der Waals surface area (Å²) in [6.45, 7) is 8.93. The van der Waals surface area contributed by atoms with Crippen LogP contribution >= 0.6 is 7.26 Å². The molecule has 0 saturated carbocycles. The highest BCUT2D eigenvalue weighted by Gasteiger charge is 2.52. The third-order valence-corrected chi connectivity index (χ3v) is 14.9. The minimum Gasteiger partial charge on any atom is -0.0622 e. The molecule has 0 nitrogen and oxygen atoms in total. The highest BCUT2D eigenvalue weighted by Crippen LogP contribution is 2.61. The summed E-state index contributed by atoms with van der Waals surface area (Å²) >= 11 is 0. The zero-order valence-corrected chi connectivity index (χ0v) is 31.8. The van der Waals surface area contributed by atoms with E-state index < -0.39 is 7.26 Å². The van der Waals surface area contributed by atoms with E-state index in [1.165, 1.54) is 88.0 Å². The van der Waals surface area contributed by atoms with Crippen LogP contribution in [-0.2, 0) is 0 Å². The Bertz CT molecular complexity index is 2250. The van der Waals surface area contributed by atoms with Crippen LogP contribution < -0.4 is 21.2 Å². The van der Waals surface area contributed by atoms with E-state index in [0.717, 1.165) is 0 Å². The topological polar surface area (TPSA) is 0 Å². The molecule has 0 atom stereocenters. The SMILES string of the molecule is Cc1ccc([P+](c2ccc(C)cc2)(c2ccc(C)cc2)c2c(-c3ccccc3)c(-c3ccccc3)c(C)c(-c3ccccc3)c2-c2ccccc2)cc1. The predicted octanol–water partition coefficient (Wildman–Crippen LogP) is 12.2. The summed E-state index contributed by atoms with van der Waals surface area (Å²) in [6, 6.07) is 72.8. The fraction of sp³-hybridized carbons (Fsp3) is 0.0769. The third-order valence-electron chi connectivity index (χ3n) is 10.6. The van der Waals surface area contributed by atoms with Gasteiger partial charge in [0.1, 0.15) is 28.5 Å². The molecule has 0 unspecified atom stereocenters. The van der Waals surface area contributed by atoms with Crippen molar-refractivity contribution in [2.24, 2.45) is 0 Å². The molecule has 0 heterocycles. The first kappa shape index (κ1) is 34.3. The Morgan fingerprint density at radius 1 is 0.264 bits per heavy atom. The summed E-state index contributed by atoms with van der Waals surface area (Å²) in [5, 5.41) is 5.40. The fourth-order valence-corrected chi connectivity index (χ4v) is 12.7. The Hall–Kier alpha value is -5.81. The second-order valence-corrected chi connectivity index (χ2v) is 17.5. The molecular weight excluding hydrogens is 656 g/mol. The number of aryl methyl sites for hydroxylation is 3. The van der Waals surface area contributed by atoms with E-state index in [1.807, 2.05) is 0 Å². The first-order chi connectivity index (χ1) is 26.0. The standard InChI is InChI=1S/C52H44P/c1-37-25-31-45(32-26-37)53(46-33-27-38(2)28-34-46,47-35-29-39(3)30-36-47)52-50(43-21-13-7-14-22-43)48(41-17-9-5-10-18-41)40(4)49(42-19-11-6-12-20-42)51(52)44-23-15-8-16-24-44/h5-36H,1-4H3/q+1. The van der Waals surface area contributed by atoms with Gasteiger partial charge in [-0.15, -0.1) is 0 Å². The third kappa shape index (κ3) is 6.24. The Kier molecular flexibility index (Phi) is 9.49. The van der Waals surface area contributed by atoms with Gasteiger partial charge in [0.05, 0.1) is 0 Å². The number of benzene rings is 8. The minimum atomic E-state index is -2.69. The molecule has 53 heavy (non-hydrogen) atoms. The minimum absolute atomic E-state index is 1.22. The van der Waals surface area contributed by atoms with Crippen molar-refractivity contribution in [3.63, 3.8) is 0 Å². The second-order valence-electron chi connectivity index (χ2n) is 14.1. The first-order valence-electron chi connectivity index (χ1n) is 18.5. The molecule has 1 heteroatoms. The Morgan fingerprint density at radius 3 is 0.774 bits per heavy atom. The van der Waals surface area contributed by atoms with Crippen LogP contribution in [-0.4, -0.2) is 0 Å². The molecular formula is C52H44P+. The van der Waals surface area contributed by atoms with E-state index >= 15 is 0 Å². The molecule has 0 radical (unpaired) electrons. The van der Waals surface area contributed by atoms with Crippen LogP contribution in [0.25, 0.3) is 44.5 Å². The van der Waals surface area contributed by atoms with Crippen LogP contribution in [0.2, 0.25) is 0 Å². The van der Waals surface area contributed by atoms with E-state index in [9.17, 15) is 0 Å². The predicted molar refractivity (Wildman–Crippen MR) is 232 cm³/mol. The second kappa shape index (κ2) is 14.7. The molecule has 0 saturated heterocycles. The van der Waals surface area contributed by atoms with Crippen molar-refractivity contribution in [3.8, 4) is 44.5 Å². The Balaban J connectivity index is 1.74. The number of rotatable bonds is 8.